The third-order valence-electron chi connectivity index (χ3n) is 3.96. The van der Waals surface area contributed by atoms with Crippen molar-refractivity contribution in [3.63, 3.8) is 0 Å². The summed E-state index contributed by atoms with van der Waals surface area (Å²) in [4.78, 5) is 12.2. The van der Waals surface area contributed by atoms with E-state index in [9.17, 15) is 4.79 Å². The summed E-state index contributed by atoms with van der Waals surface area (Å²) in [6.45, 7) is 2.18. The molecule has 0 aliphatic carbocycles. The van der Waals surface area contributed by atoms with Gasteiger partial charge in [-0.3, -0.25) is 4.79 Å². The van der Waals surface area contributed by atoms with Crippen LogP contribution in [0.15, 0.2) is 59.7 Å². The van der Waals surface area contributed by atoms with Crippen molar-refractivity contribution in [2.24, 2.45) is 5.10 Å². The number of benzene rings is 2. The molecular weight excluding hydrogens is 312 g/mol. The van der Waals surface area contributed by atoms with Gasteiger partial charge in [0.15, 0.2) is 0 Å². The van der Waals surface area contributed by atoms with Crippen molar-refractivity contribution in [3.8, 4) is 5.75 Å². The van der Waals surface area contributed by atoms with Crippen molar-refractivity contribution in [1.82, 2.24) is 5.43 Å². The molecule has 0 heterocycles. The molecule has 0 saturated carbocycles. The first-order valence-electron chi connectivity index (χ1n) is 8.76. The highest BCUT2D eigenvalue weighted by atomic mass is 16.5. The van der Waals surface area contributed by atoms with E-state index in [1.807, 2.05) is 54.6 Å². The first kappa shape index (κ1) is 18.7. The van der Waals surface area contributed by atoms with Gasteiger partial charge in [0.05, 0.1) is 19.2 Å². The molecule has 0 radical (unpaired) electrons. The third-order valence-corrected chi connectivity index (χ3v) is 3.96. The standard InChI is InChI=1S/C21H26N2O2/c1-3-4-6-11-20(18-9-7-5-8-10-18)22-23-21(24)16-17-12-14-19(25-2)15-13-17/h5,7-10,12-15H,3-4,6,11,16H2,1-2H3,(H,23,24)/b22-20-. The van der Waals surface area contributed by atoms with E-state index in [0.717, 1.165) is 48.3 Å². The lowest BCUT2D eigenvalue weighted by Crippen LogP contribution is -2.22. The molecule has 0 aromatic heterocycles. The Bertz CT molecular complexity index is 679. The van der Waals surface area contributed by atoms with Gasteiger partial charge >= 0.3 is 0 Å². The lowest BCUT2D eigenvalue weighted by molar-refractivity contribution is -0.120. The quantitative estimate of drug-likeness (QED) is 0.420. The number of unbranched alkanes of at least 4 members (excludes halogenated alkanes) is 2. The molecule has 0 spiro atoms. The van der Waals surface area contributed by atoms with Gasteiger partial charge in [-0.1, -0.05) is 62.2 Å². The van der Waals surface area contributed by atoms with Crippen LogP contribution in [0.3, 0.4) is 0 Å². The Morgan fingerprint density at radius 3 is 2.40 bits per heavy atom. The number of nitrogens with one attached hydrogen (secondary N) is 1. The molecule has 2 aromatic rings. The van der Waals surface area contributed by atoms with Crippen LogP contribution >= 0.6 is 0 Å². The molecule has 0 bridgehead atoms. The molecule has 0 aliphatic heterocycles. The van der Waals surface area contributed by atoms with Crippen molar-refractivity contribution >= 4 is 11.6 Å². The van der Waals surface area contributed by atoms with E-state index in [-0.39, 0.29) is 5.91 Å². The van der Waals surface area contributed by atoms with Crippen molar-refractivity contribution in [3.05, 3.63) is 65.7 Å². The lowest BCUT2D eigenvalue weighted by atomic mass is 10.0. The summed E-state index contributed by atoms with van der Waals surface area (Å²) in [6.07, 6.45) is 4.54. The maximum atomic E-state index is 12.2. The number of hydrogen-bond donors (Lipinski definition) is 1. The first-order chi connectivity index (χ1) is 12.2. The van der Waals surface area contributed by atoms with Gasteiger partial charge < -0.3 is 4.74 Å². The Morgan fingerprint density at radius 1 is 1.04 bits per heavy atom. The fraction of sp³-hybridized carbons (Fsp3) is 0.333. The number of carbonyl (C=O) groups excluding carboxylic acids is 1. The van der Waals surface area contributed by atoms with Crippen LogP contribution in [0.5, 0.6) is 5.75 Å². The van der Waals surface area contributed by atoms with Crippen molar-refractivity contribution in [1.29, 1.82) is 0 Å². The summed E-state index contributed by atoms with van der Waals surface area (Å²) >= 11 is 0. The molecule has 0 saturated heterocycles. The third kappa shape index (κ3) is 6.42. The Hall–Kier alpha value is -2.62. The Balaban J connectivity index is 1.99. The molecule has 1 amide bonds. The van der Waals surface area contributed by atoms with E-state index in [1.54, 1.807) is 7.11 Å². The number of hydrogen-bond acceptors (Lipinski definition) is 3. The molecule has 0 atom stereocenters. The molecule has 4 heteroatoms. The van der Waals surface area contributed by atoms with Crippen LogP contribution in [0.2, 0.25) is 0 Å². The predicted octanol–water partition coefficient (Wildman–Crippen LogP) is 4.34. The summed E-state index contributed by atoms with van der Waals surface area (Å²) in [5.74, 6) is 0.665. The van der Waals surface area contributed by atoms with Gasteiger partial charge in [0, 0.05) is 0 Å². The van der Waals surface area contributed by atoms with Crippen LogP contribution in [0, 0.1) is 0 Å². The average Bonchev–Trinajstić information content (AvgIpc) is 2.66. The zero-order valence-electron chi connectivity index (χ0n) is 15.0. The first-order valence-corrected chi connectivity index (χ1v) is 8.76. The van der Waals surface area contributed by atoms with Crippen LogP contribution in [-0.2, 0) is 11.2 Å². The van der Waals surface area contributed by atoms with E-state index in [1.165, 1.54) is 0 Å². The largest absolute Gasteiger partial charge is 0.497 e. The van der Waals surface area contributed by atoms with E-state index < -0.39 is 0 Å². The monoisotopic (exact) mass is 338 g/mol. The Kier molecular flexibility index (Phi) is 7.70. The van der Waals surface area contributed by atoms with Crippen LogP contribution < -0.4 is 10.2 Å². The summed E-state index contributed by atoms with van der Waals surface area (Å²) in [5, 5.41) is 4.39. The number of amides is 1. The maximum absolute atomic E-state index is 12.2. The van der Waals surface area contributed by atoms with E-state index in [0.29, 0.717) is 6.42 Å². The zero-order valence-corrected chi connectivity index (χ0v) is 15.0. The number of ether oxygens (including phenoxy) is 1. The fourth-order valence-electron chi connectivity index (χ4n) is 2.54. The van der Waals surface area contributed by atoms with Crippen LogP contribution in [0.1, 0.15) is 43.7 Å². The predicted molar refractivity (Wildman–Crippen MR) is 102 cm³/mol. The summed E-state index contributed by atoms with van der Waals surface area (Å²) in [6, 6.07) is 17.5. The summed E-state index contributed by atoms with van der Waals surface area (Å²) in [5.41, 5.74) is 5.62. The second kappa shape index (κ2) is 10.3. The van der Waals surface area contributed by atoms with Gasteiger partial charge in [0.25, 0.3) is 0 Å². The fourth-order valence-corrected chi connectivity index (χ4v) is 2.54. The minimum Gasteiger partial charge on any atom is -0.497 e. The number of nitrogens with zero attached hydrogens (tertiary/aromatic N) is 1. The van der Waals surface area contributed by atoms with Crippen LogP contribution in [0.25, 0.3) is 0 Å². The highest BCUT2D eigenvalue weighted by molar-refractivity contribution is 6.01. The minimum absolute atomic E-state index is 0.117. The van der Waals surface area contributed by atoms with E-state index >= 15 is 0 Å². The normalized spacial score (nSPS) is 11.2. The topological polar surface area (TPSA) is 50.7 Å². The van der Waals surface area contributed by atoms with Crippen molar-refractivity contribution in [2.45, 2.75) is 39.0 Å². The van der Waals surface area contributed by atoms with Crippen LogP contribution in [-0.4, -0.2) is 18.7 Å². The Labute approximate surface area is 149 Å². The van der Waals surface area contributed by atoms with Gasteiger partial charge in [0.1, 0.15) is 5.75 Å². The average molecular weight is 338 g/mol. The van der Waals surface area contributed by atoms with Gasteiger partial charge in [0.2, 0.25) is 5.91 Å². The highest BCUT2D eigenvalue weighted by Gasteiger charge is 2.06. The van der Waals surface area contributed by atoms with Gasteiger partial charge in [-0.05, 0) is 36.1 Å². The minimum atomic E-state index is -0.117. The second-order valence-corrected chi connectivity index (χ2v) is 5.94. The molecule has 0 unspecified atom stereocenters. The number of methoxy groups -OCH3 is 1. The maximum Gasteiger partial charge on any atom is 0.244 e. The van der Waals surface area contributed by atoms with Gasteiger partial charge in [-0.25, -0.2) is 5.43 Å². The van der Waals surface area contributed by atoms with Gasteiger partial charge in [-0.2, -0.15) is 5.10 Å². The number of rotatable bonds is 9. The SMILES string of the molecule is CCCCC/C(=N/NC(=O)Cc1ccc(OC)cc1)c1ccccc1. The molecule has 0 fully saturated rings. The summed E-state index contributed by atoms with van der Waals surface area (Å²) in [7, 11) is 1.63. The molecule has 2 rings (SSSR count). The second-order valence-electron chi connectivity index (χ2n) is 5.94. The zero-order chi connectivity index (χ0) is 17.9. The number of hydrazone groups is 1. The number of carbonyl (C=O) groups is 1. The van der Waals surface area contributed by atoms with E-state index in [2.05, 4.69) is 17.5 Å². The smallest absolute Gasteiger partial charge is 0.244 e. The van der Waals surface area contributed by atoms with Crippen molar-refractivity contribution in [2.75, 3.05) is 7.11 Å². The molecule has 0 aliphatic rings. The van der Waals surface area contributed by atoms with Crippen LogP contribution in [0.4, 0.5) is 0 Å². The van der Waals surface area contributed by atoms with Crippen molar-refractivity contribution < 1.29 is 9.53 Å². The summed E-state index contributed by atoms with van der Waals surface area (Å²) < 4.78 is 5.13. The molecule has 2 aromatic carbocycles. The molecule has 132 valence electrons. The highest BCUT2D eigenvalue weighted by Crippen LogP contribution is 2.12. The molecule has 4 nitrogen and oxygen atoms in total. The molecular formula is C21H26N2O2. The Morgan fingerprint density at radius 2 is 1.76 bits per heavy atom. The van der Waals surface area contributed by atoms with Gasteiger partial charge in [-0.15, -0.1) is 0 Å². The molecule has 1 N–H and O–H groups in total. The molecule has 25 heavy (non-hydrogen) atoms. The van der Waals surface area contributed by atoms with E-state index in [4.69, 9.17) is 4.74 Å². The lowest BCUT2D eigenvalue weighted by Gasteiger charge is -2.08.